The maximum Gasteiger partial charge on any atom is 0.311 e. The number of carbonyl (C=O) groups is 2. The van der Waals surface area contributed by atoms with E-state index in [0.717, 1.165) is 17.7 Å². The van der Waals surface area contributed by atoms with E-state index in [-0.39, 0.29) is 5.91 Å². The number of fused-ring (bicyclic) bond motifs is 1. The molecule has 1 aliphatic heterocycles. The lowest BCUT2D eigenvalue weighted by molar-refractivity contribution is -0.147. The number of carboxylic acids is 1. The monoisotopic (exact) mass is 307 g/mol. The molecule has 1 amide bonds. The largest absolute Gasteiger partial charge is 0.481 e. The van der Waals surface area contributed by atoms with Gasteiger partial charge in [-0.15, -0.1) is 11.3 Å². The third-order valence-corrected chi connectivity index (χ3v) is 6.04. The van der Waals surface area contributed by atoms with E-state index in [1.807, 2.05) is 6.07 Å². The Hall–Kier alpha value is -1.36. The number of aliphatic carboxylic acids is 1. The lowest BCUT2D eigenvalue weighted by Crippen LogP contribution is -2.34. The maximum absolute atomic E-state index is 12.6. The molecule has 2 atom stereocenters. The molecule has 0 bridgehead atoms. The van der Waals surface area contributed by atoms with E-state index in [2.05, 4.69) is 6.92 Å². The molecule has 4 nitrogen and oxygen atoms in total. The van der Waals surface area contributed by atoms with Gasteiger partial charge in [0.15, 0.2) is 0 Å². The molecule has 2 heterocycles. The first-order valence-corrected chi connectivity index (χ1v) is 8.35. The van der Waals surface area contributed by atoms with Crippen molar-refractivity contribution in [3.05, 3.63) is 21.4 Å². The van der Waals surface area contributed by atoms with Crippen molar-refractivity contribution in [1.29, 1.82) is 0 Å². The highest BCUT2D eigenvalue weighted by Gasteiger charge is 2.42. The molecule has 1 aromatic heterocycles. The number of hydrogen-bond acceptors (Lipinski definition) is 3. The zero-order valence-electron chi connectivity index (χ0n) is 12.5. The van der Waals surface area contributed by atoms with E-state index in [0.29, 0.717) is 25.4 Å². The summed E-state index contributed by atoms with van der Waals surface area (Å²) in [7, 11) is 0. The van der Waals surface area contributed by atoms with E-state index >= 15 is 0 Å². The van der Waals surface area contributed by atoms with Gasteiger partial charge in [0.2, 0.25) is 0 Å². The molecule has 0 saturated carbocycles. The van der Waals surface area contributed by atoms with Crippen LogP contribution in [0.4, 0.5) is 0 Å². The second-order valence-corrected chi connectivity index (χ2v) is 7.89. The zero-order valence-corrected chi connectivity index (χ0v) is 13.3. The minimum absolute atomic E-state index is 0.00651. The Balaban J connectivity index is 1.76. The van der Waals surface area contributed by atoms with Crippen LogP contribution in [0.5, 0.6) is 0 Å². The third kappa shape index (κ3) is 2.59. The number of rotatable bonds is 2. The topological polar surface area (TPSA) is 57.6 Å². The number of amides is 1. The summed E-state index contributed by atoms with van der Waals surface area (Å²) in [5, 5.41) is 9.27. The SMILES string of the molecule is CC1CCc2sc(C(=O)N3CCC(C)(C(=O)O)C3)cc2C1. The predicted molar refractivity (Wildman–Crippen MR) is 81.8 cm³/mol. The molecule has 0 radical (unpaired) electrons. The first kappa shape index (κ1) is 14.6. The van der Waals surface area contributed by atoms with Crippen LogP contribution in [0.25, 0.3) is 0 Å². The first-order valence-electron chi connectivity index (χ1n) is 7.53. The van der Waals surface area contributed by atoms with Gasteiger partial charge in [-0.1, -0.05) is 6.92 Å². The van der Waals surface area contributed by atoms with Crippen molar-refractivity contribution >= 4 is 23.2 Å². The molecule has 21 heavy (non-hydrogen) atoms. The maximum atomic E-state index is 12.6. The van der Waals surface area contributed by atoms with Crippen molar-refractivity contribution < 1.29 is 14.7 Å². The summed E-state index contributed by atoms with van der Waals surface area (Å²) < 4.78 is 0. The van der Waals surface area contributed by atoms with Gasteiger partial charge in [-0.25, -0.2) is 0 Å². The van der Waals surface area contributed by atoms with Crippen LogP contribution in [-0.2, 0) is 17.6 Å². The molecule has 1 aromatic rings. The fourth-order valence-electron chi connectivity index (χ4n) is 3.28. The van der Waals surface area contributed by atoms with E-state index in [9.17, 15) is 14.7 Å². The quantitative estimate of drug-likeness (QED) is 0.914. The zero-order chi connectivity index (χ0) is 15.2. The summed E-state index contributed by atoms with van der Waals surface area (Å²) >= 11 is 1.60. The molecular weight excluding hydrogens is 286 g/mol. The van der Waals surface area contributed by atoms with Crippen LogP contribution in [0.3, 0.4) is 0 Å². The van der Waals surface area contributed by atoms with Crippen molar-refractivity contribution in [2.75, 3.05) is 13.1 Å². The second-order valence-electron chi connectivity index (χ2n) is 6.75. The van der Waals surface area contributed by atoms with Crippen LogP contribution in [0.15, 0.2) is 6.07 Å². The Labute approximate surface area is 128 Å². The van der Waals surface area contributed by atoms with Crippen LogP contribution in [0, 0.1) is 11.3 Å². The van der Waals surface area contributed by atoms with Crippen LogP contribution in [0.2, 0.25) is 0 Å². The van der Waals surface area contributed by atoms with E-state index in [1.165, 1.54) is 16.9 Å². The van der Waals surface area contributed by atoms with E-state index in [4.69, 9.17) is 0 Å². The Bertz CT molecular complexity index is 594. The summed E-state index contributed by atoms with van der Waals surface area (Å²) in [6, 6.07) is 2.04. The summed E-state index contributed by atoms with van der Waals surface area (Å²) in [5.74, 6) is -0.110. The van der Waals surface area contributed by atoms with Gasteiger partial charge >= 0.3 is 5.97 Å². The third-order valence-electron chi connectivity index (χ3n) is 4.82. The molecule has 114 valence electrons. The molecule has 1 saturated heterocycles. The summed E-state index contributed by atoms with van der Waals surface area (Å²) in [4.78, 5) is 27.7. The van der Waals surface area contributed by atoms with Crippen LogP contribution < -0.4 is 0 Å². The minimum Gasteiger partial charge on any atom is -0.481 e. The summed E-state index contributed by atoms with van der Waals surface area (Å²) in [5.41, 5.74) is 0.531. The van der Waals surface area contributed by atoms with Gasteiger partial charge in [-0.3, -0.25) is 9.59 Å². The lowest BCUT2D eigenvalue weighted by Gasteiger charge is -2.19. The number of thiophene rings is 1. The molecule has 1 fully saturated rings. The summed E-state index contributed by atoms with van der Waals surface area (Å²) in [6.07, 6.45) is 3.87. The number of carboxylic acid groups (broad SMARTS) is 1. The normalized spacial score (nSPS) is 28.5. The Morgan fingerprint density at radius 2 is 2.24 bits per heavy atom. The lowest BCUT2D eigenvalue weighted by atomic mass is 9.90. The minimum atomic E-state index is -0.808. The molecule has 3 rings (SSSR count). The number of likely N-dealkylation sites (tertiary alicyclic amines) is 1. The highest BCUT2D eigenvalue weighted by Crippen LogP contribution is 2.35. The average Bonchev–Trinajstić information content (AvgIpc) is 3.02. The van der Waals surface area contributed by atoms with Crippen LogP contribution >= 0.6 is 11.3 Å². The average molecular weight is 307 g/mol. The van der Waals surface area contributed by atoms with Gasteiger partial charge in [-0.2, -0.15) is 0 Å². The molecule has 2 aliphatic rings. The van der Waals surface area contributed by atoms with Gasteiger partial charge in [0.05, 0.1) is 10.3 Å². The number of nitrogens with zero attached hydrogens (tertiary/aromatic N) is 1. The standard InChI is InChI=1S/C16H21NO3S/c1-10-3-4-12-11(7-10)8-13(21-12)14(18)17-6-5-16(2,9-17)15(19)20/h8,10H,3-7,9H2,1-2H3,(H,19,20). The molecule has 0 aromatic carbocycles. The van der Waals surface area contributed by atoms with Gasteiger partial charge in [0.1, 0.15) is 0 Å². The molecule has 1 N–H and O–H groups in total. The smallest absolute Gasteiger partial charge is 0.311 e. The Morgan fingerprint density at radius 1 is 1.48 bits per heavy atom. The van der Waals surface area contributed by atoms with Crippen molar-refractivity contribution in [3.8, 4) is 0 Å². The van der Waals surface area contributed by atoms with Crippen molar-refractivity contribution in [2.45, 2.75) is 39.5 Å². The fraction of sp³-hybridized carbons (Fsp3) is 0.625. The predicted octanol–water partition coefficient (Wildman–Crippen LogP) is 2.81. The fourth-order valence-corrected chi connectivity index (χ4v) is 4.45. The molecule has 2 unspecified atom stereocenters. The molecule has 5 heteroatoms. The van der Waals surface area contributed by atoms with Crippen LogP contribution in [0.1, 0.15) is 46.8 Å². The summed E-state index contributed by atoms with van der Waals surface area (Å²) in [6.45, 7) is 4.84. The molecular formula is C16H21NO3S. The van der Waals surface area contributed by atoms with E-state index in [1.54, 1.807) is 23.2 Å². The Morgan fingerprint density at radius 3 is 2.90 bits per heavy atom. The highest BCUT2D eigenvalue weighted by atomic mass is 32.1. The number of carbonyl (C=O) groups excluding carboxylic acids is 1. The number of aryl methyl sites for hydroxylation is 1. The van der Waals surface area contributed by atoms with Crippen molar-refractivity contribution in [1.82, 2.24) is 4.90 Å². The van der Waals surface area contributed by atoms with Gasteiger partial charge in [0.25, 0.3) is 5.91 Å². The Kier molecular flexibility index (Phi) is 3.56. The molecule has 0 spiro atoms. The molecule has 1 aliphatic carbocycles. The van der Waals surface area contributed by atoms with Crippen LogP contribution in [-0.4, -0.2) is 35.0 Å². The van der Waals surface area contributed by atoms with Gasteiger partial charge in [0, 0.05) is 18.0 Å². The number of hydrogen-bond donors (Lipinski definition) is 1. The first-order chi connectivity index (χ1) is 9.89. The van der Waals surface area contributed by atoms with Crippen molar-refractivity contribution in [3.63, 3.8) is 0 Å². The van der Waals surface area contributed by atoms with Crippen molar-refractivity contribution in [2.24, 2.45) is 11.3 Å². The van der Waals surface area contributed by atoms with Gasteiger partial charge < -0.3 is 10.0 Å². The van der Waals surface area contributed by atoms with E-state index < -0.39 is 11.4 Å². The second kappa shape index (κ2) is 5.13. The highest BCUT2D eigenvalue weighted by molar-refractivity contribution is 7.14. The van der Waals surface area contributed by atoms with Gasteiger partial charge in [-0.05, 0) is 50.2 Å².